The van der Waals surface area contributed by atoms with Crippen molar-refractivity contribution in [3.05, 3.63) is 97.4 Å². The predicted octanol–water partition coefficient (Wildman–Crippen LogP) is 6.22. The standard InChI is InChI=1S/C27H26ClN3O2S/c1-15-7-9-17(10-8-15)21-22-19(12-27(2,3)13-20(22)32)29-24-23(21)25(33)31-26(30-24)34-14-16-5-4-6-18(28)11-16/h4-11,21H,12-14H2,1-3H3,(H2,29,30,31,33). The third-order valence-electron chi connectivity index (χ3n) is 6.38. The van der Waals surface area contributed by atoms with E-state index in [0.717, 1.165) is 28.8 Å². The summed E-state index contributed by atoms with van der Waals surface area (Å²) < 4.78 is 0. The molecule has 7 heteroatoms. The molecule has 0 amide bonds. The Balaban J connectivity index is 1.58. The summed E-state index contributed by atoms with van der Waals surface area (Å²) in [6, 6.07) is 15.7. The Hall–Kier alpha value is -2.83. The molecule has 0 radical (unpaired) electrons. The number of nitrogens with one attached hydrogen (secondary N) is 2. The number of rotatable bonds is 4. The highest BCUT2D eigenvalue weighted by atomic mass is 35.5. The summed E-state index contributed by atoms with van der Waals surface area (Å²) in [7, 11) is 0. The molecule has 0 saturated carbocycles. The molecule has 5 nitrogen and oxygen atoms in total. The minimum absolute atomic E-state index is 0.0915. The number of aromatic amines is 1. The number of benzene rings is 2. The second-order valence-corrected chi connectivity index (χ2v) is 11.3. The number of hydrogen-bond acceptors (Lipinski definition) is 5. The van der Waals surface area contributed by atoms with E-state index in [1.165, 1.54) is 11.8 Å². The van der Waals surface area contributed by atoms with Crippen molar-refractivity contribution < 1.29 is 4.79 Å². The quantitative estimate of drug-likeness (QED) is 0.334. The first-order valence-corrected chi connectivity index (χ1v) is 12.7. The lowest BCUT2D eigenvalue weighted by Crippen LogP contribution is -2.37. The lowest BCUT2D eigenvalue weighted by Gasteiger charge is -2.38. The van der Waals surface area contributed by atoms with E-state index in [-0.39, 0.29) is 16.8 Å². The Morgan fingerprint density at radius 2 is 1.88 bits per heavy atom. The molecule has 3 aromatic rings. The molecule has 1 atom stereocenters. The van der Waals surface area contributed by atoms with E-state index in [9.17, 15) is 9.59 Å². The number of fused-ring (bicyclic) bond motifs is 1. The Bertz CT molecular complexity index is 1380. The molecule has 0 bridgehead atoms. The normalized spacial score (nSPS) is 18.8. The molecule has 1 unspecified atom stereocenters. The number of nitrogens with zero attached hydrogens (tertiary/aromatic N) is 1. The van der Waals surface area contributed by atoms with Crippen LogP contribution >= 0.6 is 23.4 Å². The van der Waals surface area contributed by atoms with Gasteiger partial charge in [0.05, 0.1) is 5.56 Å². The van der Waals surface area contributed by atoms with Crippen LogP contribution in [-0.2, 0) is 10.5 Å². The average Bonchev–Trinajstić information content (AvgIpc) is 2.76. The number of aromatic nitrogens is 2. The molecular weight excluding hydrogens is 466 g/mol. The molecule has 1 aromatic heterocycles. The summed E-state index contributed by atoms with van der Waals surface area (Å²) >= 11 is 7.55. The van der Waals surface area contributed by atoms with Crippen LogP contribution in [0.2, 0.25) is 5.02 Å². The molecule has 2 aromatic carbocycles. The van der Waals surface area contributed by atoms with Crippen molar-refractivity contribution in [2.75, 3.05) is 5.32 Å². The third-order valence-corrected chi connectivity index (χ3v) is 7.55. The van der Waals surface area contributed by atoms with E-state index in [0.29, 0.717) is 39.3 Å². The molecule has 0 saturated heterocycles. The van der Waals surface area contributed by atoms with E-state index in [1.807, 2.05) is 55.5 Å². The number of Topliss-reactive ketones (excluding diaryl/α,β-unsaturated/α-hetero) is 1. The SMILES string of the molecule is Cc1ccc(C2C3=C(CC(C)(C)CC3=O)Nc3nc(SCc4cccc(Cl)c4)[nH]c(=O)c32)cc1. The molecule has 0 fully saturated rings. The first kappa shape index (κ1) is 22.9. The summed E-state index contributed by atoms with van der Waals surface area (Å²) in [5.74, 6) is 0.822. The van der Waals surface area contributed by atoms with Crippen molar-refractivity contribution in [3.8, 4) is 0 Å². The maximum atomic E-state index is 13.4. The van der Waals surface area contributed by atoms with Crippen molar-refractivity contribution in [2.45, 2.75) is 50.4 Å². The number of thioether (sulfide) groups is 1. The summed E-state index contributed by atoms with van der Waals surface area (Å²) in [4.78, 5) is 34.5. The van der Waals surface area contributed by atoms with Crippen molar-refractivity contribution in [3.63, 3.8) is 0 Å². The Kier molecular flexibility index (Phi) is 5.90. The molecule has 2 N–H and O–H groups in total. The van der Waals surface area contributed by atoms with Gasteiger partial charge in [0.15, 0.2) is 10.9 Å². The zero-order chi connectivity index (χ0) is 24.0. The molecule has 1 aliphatic carbocycles. The average molecular weight is 492 g/mol. The summed E-state index contributed by atoms with van der Waals surface area (Å²) in [6.07, 6.45) is 1.19. The van der Waals surface area contributed by atoms with E-state index in [2.05, 4.69) is 24.1 Å². The minimum atomic E-state index is -0.432. The van der Waals surface area contributed by atoms with Crippen LogP contribution in [0.15, 0.2) is 69.8 Å². The van der Waals surface area contributed by atoms with Gasteiger partial charge in [-0.1, -0.05) is 79.2 Å². The second-order valence-electron chi connectivity index (χ2n) is 9.85. The molecular formula is C27H26ClN3O2S. The molecule has 174 valence electrons. The van der Waals surface area contributed by atoms with Gasteiger partial charge in [-0.25, -0.2) is 4.98 Å². The van der Waals surface area contributed by atoms with Gasteiger partial charge in [-0.3, -0.25) is 9.59 Å². The van der Waals surface area contributed by atoms with Gasteiger partial charge in [-0.15, -0.1) is 0 Å². The molecule has 5 rings (SSSR count). The third kappa shape index (κ3) is 4.44. The van der Waals surface area contributed by atoms with Gasteiger partial charge in [0.2, 0.25) is 0 Å². The number of anilines is 1. The number of carbonyl (C=O) groups is 1. The Morgan fingerprint density at radius 3 is 2.62 bits per heavy atom. The molecule has 2 aliphatic rings. The van der Waals surface area contributed by atoms with Crippen molar-refractivity contribution in [2.24, 2.45) is 5.41 Å². The highest BCUT2D eigenvalue weighted by Gasteiger charge is 2.42. The topological polar surface area (TPSA) is 74.8 Å². The zero-order valence-corrected chi connectivity index (χ0v) is 20.9. The van der Waals surface area contributed by atoms with Crippen LogP contribution in [-0.4, -0.2) is 15.8 Å². The zero-order valence-electron chi connectivity index (χ0n) is 19.4. The van der Waals surface area contributed by atoms with E-state index in [1.54, 1.807) is 0 Å². The van der Waals surface area contributed by atoms with Gasteiger partial charge in [0.25, 0.3) is 5.56 Å². The smallest absolute Gasteiger partial charge is 0.257 e. The summed E-state index contributed by atoms with van der Waals surface area (Å²) in [5, 5.41) is 4.59. The highest BCUT2D eigenvalue weighted by Crippen LogP contribution is 2.47. The lowest BCUT2D eigenvalue weighted by atomic mass is 9.69. The summed E-state index contributed by atoms with van der Waals surface area (Å²) in [6.45, 7) is 6.23. The fourth-order valence-corrected chi connectivity index (χ4v) is 5.85. The number of aryl methyl sites for hydroxylation is 1. The number of H-pyrrole nitrogens is 1. The van der Waals surface area contributed by atoms with Crippen LogP contribution in [0.4, 0.5) is 5.82 Å². The van der Waals surface area contributed by atoms with Crippen LogP contribution in [0.1, 0.15) is 54.9 Å². The van der Waals surface area contributed by atoms with E-state index in [4.69, 9.17) is 16.6 Å². The van der Waals surface area contributed by atoms with Gasteiger partial charge in [0.1, 0.15) is 5.82 Å². The largest absolute Gasteiger partial charge is 0.343 e. The monoisotopic (exact) mass is 491 g/mol. The maximum Gasteiger partial charge on any atom is 0.257 e. The van der Waals surface area contributed by atoms with Gasteiger partial charge in [-0.2, -0.15) is 0 Å². The Morgan fingerprint density at radius 1 is 1.12 bits per heavy atom. The second kappa shape index (κ2) is 8.75. The molecule has 1 aliphatic heterocycles. The number of ketones is 1. The van der Waals surface area contributed by atoms with Gasteiger partial charge < -0.3 is 10.3 Å². The van der Waals surface area contributed by atoms with Crippen molar-refractivity contribution in [1.82, 2.24) is 9.97 Å². The first-order chi connectivity index (χ1) is 16.2. The number of hydrogen-bond donors (Lipinski definition) is 2. The van der Waals surface area contributed by atoms with Gasteiger partial charge in [0, 0.05) is 34.4 Å². The number of allylic oxidation sites excluding steroid dienone is 2. The number of carbonyl (C=O) groups excluding carboxylic acids is 1. The molecule has 0 spiro atoms. The summed E-state index contributed by atoms with van der Waals surface area (Å²) in [5.41, 5.74) is 4.81. The van der Waals surface area contributed by atoms with E-state index >= 15 is 0 Å². The maximum absolute atomic E-state index is 13.4. The molecule has 34 heavy (non-hydrogen) atoms. The first-order valence-electron chi connectivity index (χ1n) is 11.3. The van der Waals surface area contributed by atoms with Crippen molar-refractivity contribution in [1.29, 1.82) is 0 Å². The predicted molar refractivity (Wildman–Crippen MR) is 138 cm³/mol. The fourth-order valence-electron chi connectivity index (χ4n) is 4.83. The number of halogens is 1. The lowest BCUT2D eigenvalue weighted by molar-refractivity contribution is -0.118. The van der Waals surface area contributed by atoms with Crippen LogP contribution in [0, 0.1) is 12.3 Å². The highest BCUT2D eigenvalue weighted by molar-refractivity contribution is 7.98. The van der Waals surface area contributed by atoms with Crippen LogP contribution in [0.25, 0.3) is 0 Å². The van der Waals surface area contributed by atoms with Crippen molar-refractivity contribution >= 4 is 35.0 Å². The fraction of sp³-hybridized carbons (Fsp3) is 0.296. The van der Waals surface area contributed by atoms with Gasteiger partial charge in [-0.05, 0) is 42.0 Å². The Labute approximate surface area is 208 Å². The molecule has 2 heterocycles. The van der Waals surface area contributed by atoms with E-state index < -0.39 is 5.92 Å². The van der Waals surface area contributed by atoms with Crippen LogP contribution in [0.5, 0.6) is 0 Å². The van der Waals surface area contributed by atoms with Crippen LogP contribution < -0.4 is 10.9 Å². The van der Waals surface area contributed by atoms with Crippen LogP contribution in [0.3, 0.4) is 0 Å². The minimum Gasteiger partial charge on any atom is -0.343 e. The van der Waals surface area contributed by atoms with Gasteiger partial charge >= 0.3 is 0 Å².